The van der Waals surface area contributed by atoms with Crippen LogP contribution >= 0.6 is 0 Å². The number of ether oxygens (including phenoxy) is 1. The van der Waals surface area contributed by atoms with Gasteiger partial charge in [0.25, 0.3) is 0 Å². The van der Waals surface area contributed by atoms with Crippen molar-refractivity contribution in [3.63, 3.8) is 0 Å². The largest absolute Gasteiger partial charge is 0.488 e. The number of aliphatic hydroxyl groups is 1. The number of hydrogen-bond donors (Lipinski definition) is 3. The van der Waals surface area contributed by atoms with Crippen molar-refractivity contribution >= 4 is 16.6 Å². The number of aryl methyl sites for hydroxylation is 2. The SMILES string of the molecule is Cc1cccc(C)c1NCCNC(C)(O)COc1cccc2nn(Cc3ccccc3)cc12. The molecule has 4 rings (SSSR count). The number of nitrogens with one attached hydrogen (secondary N) is 2. The van der Waals surface area contributed by atoms with Gasteiger partial charge in [0.15, 0.2) is 0 Å². The Morgan fingerprint density at radius 3 is 2.42 bits per heavy atom. The second kappa shape index (κ2) is 10.1. The average Bonchev–Trinajstić information content (AvgIpc) is 3.20. The number of para-hydroxylation sites is 1. The Balaban J connectivity index is 1.33. The topological polar surface area (TPSA) is 71.3 Å². The summed E-state index contributed by atoms with van der Waals surface area (Å²) in [7, 11) is 0. The van der Waals surface area contributed by atoms with Crippen molar-refractivity contribution in [2.75, 3.05) is 25.0 Å². The van der Waals surface area contributed by atoms with Crippen LogP contribution in [0.25, 0.3) is 10.9 Å². The highest BCUT2D eigenvalue weighted by molar-refractivity contribution is 5.84. The van der Waals surface area contributed by atoms with Crippen LogP contribution < -0.4 is 15.4 Å². The first-order valence-corrected chi connectivity index (χ1v) is 11.3. The van der Waals surface area contributed by atoms with Crippen LogP contribution in [0.4, 0.5) is 5.69 Å². The molecular formula is C27H32N4O2. The fourth-order valence-electron chi connectivity index (χ4n) is 3.92. The third kappa shape index (κ3) is 5.92. The summed E-state index contributed by atoms with van der Waals surface area (Å²) in [6.45, 7) is 8.03. The van der Waals surface area contributed by atoms with Gasteiger partial charge in [0, 0.05) is 25.0 Å². The summed E-state index contributed by atoms with van der Waals surface area (Å²) in [5.74, 6) is 0.711. The molecule has 4 aromatic rings. The number of benzene rings is 3. The molecule has 0 fully saturated rings. The molecule has 3 aromatic carbocycles. The Hall–Kier alpha value is -3.35. The molecule has 0 spiro atoms. The fourth-order valence-corrected chi connectivity index (χ4v) is 3.92. The minimum absolute atomic E-state index is 0.124. The summed E-state index contributed by atoms with van der Waals surface area (Å²) < 4.78 is 7.93. The predicted molar refractivity (Wildman–Crippen MR) is 134 cm³/mol. The molecule has 1 heterocycles. The van der Waals surface area contributed by atoms with E-state index in [9.17, 15) is 5.11 Å². The van der Waals surface area contributed by atoms with Gasteiger partial charge >= 0.3 is 0 Å². The lowest BCUT2D eigenvalue weighted by Crippen LogP contribution is -2.48. The smallest absolute Gasteiger partial charge is 0.147 e. The molecule has 0 bridgehead atoms. The van der Waals surface area contributed by atoms with Crippen LogP contribution in [0, 0.1) is 13.8 Å². The second-order valence-corrected chi connectivity index (χ2v) is 8.68. The summed E-state index contributed by atoms with van der Waals surface area (Å²) >= 11 is 0. The van der Waals surface area contributed by atoms with E-state index in [1.807, 2.05) is 47.3 Å². The van der Waals surface area contributed by atoms with Crippen LogP contribution in [-0.4, -0.2) is 40.3 Å². The van der Waals surface area contributed by atoms with Gasteiger partial charge in [0.1, 0.15) is 18.1 Å². The van der Waals surface area contributed by atoms with Gasteiger partial charge in [-0.25, -0.2) is 0 Å². The number of aromatic nitrogens is 2. The molecule has 172 valence electrons. The van der Waals surface area contributed by atoms with Crippen molar-refractivity contribution in [2.24, 2.45) is 0 Å². The van der Waals surface area contributed by atoms with E-state index in [1.165, 1.54) is 16.7 Å². The molecule has 1 atom stereocenters. The van der Waals surface area contributed by atoms with Crippen LogP contribution in [0.5, 0.6) is 5.75 Å². The third-order valence-electron chi connectivity index (χ3n) is 5.67. The minimum atomic E-state index is -1.16. The van der Waals surface area contributed by atoms with Crippen molar-refractivity contribution in [3.05, 3.63) is 89.6 Å². The molecule has 33 heavy (non-hydrogen) atoms. The van der Waals surface area contributed by atoms with Gasteiger partial charge in [-0.3, -0.25) is 10.00 Å². The summed E-state index contributed by atoms with van der Waals surface area (Å²) in [6.07, 6.45) is 1.99. The number of hydrogen-bond acceptors (Lipinski definition) is 5. The van der Waals surface area contributed by atoms with Gasteiger partial charge in [-0.05, 0) is 49.6 Å². The first-order valence-electron chi connectivity index (χ1n) is 11.3. The van der Waals surface area contributed by atoms with Crippen LogP contribution in [0.2, 0.25) is 0 Å². The summed E-state index contributed by atoms with van der Waals surface area (Å²) in [4.78, 5) is 0. The number of fused-ring (bicyclic) bond motifs is 1. The fraction of sp³-hybridized carbons (Fsp3) is 0.296. The first kappa shape index (κ1) is 22.8. The van der Waals surface area contributed by atoms with Crippen LogP contribution in [0.1, 0.15) is 23.6 Å². The Morgan fingerprint density at radius 2 is 1.67 bits per heavy atom. The second-order valence-electron chi connectivity index (χ2n) is 8.68. The molecule has 0 amide bonds. The maximum absolute atomic E-state index is 10.8. The van der Waals surface area contributed by atoms with Gasteiger partial charge < -0.3 is 15.2 Å². The summed E-state index contributed by atoms with van der Waals surface area (Å²) in [5, 5.41) is 23.0. The zero-order valence-electron chi connectivity index (χ0n) is 19.5. The van der Waals surface area contributed by atoms with Gasteiger partial charge in [-0.15, -0.1) is 0 Å². The highest BCUT2D eigenvalue weighted by atomic mass is 16.5. The molecule has 0 aliphatic carbocycles. The molecule has 0 radical (unpaired) electrons. The Morgan fingerprint density at radius 1 is 0.939 bits per heavy atom. The third-order valence-corrected chi connectivity index (χ3v) is 5.67. The monoisotopic (exact) mass is 444 g/mol. The minimum Gasteiger partial charge on any atom is -0.488 e. The highest BCUT2D eigenvalue weighted by Gasteiger charge is 2.21. The molecule has 6 heteroatoms. The van der Waals surface area contributed by atoms with Crippen molar-refractivity contribution in [1.82, 2.24) is 15.1 Å². The molecule has 0 saturated heterocycles. The van der Waals surface area contributed by atoms with E-state index < -0.39 is 5.72 Å². The number of anilines is 1. The molecule has 3 N–H and O–H groups in total. The normalized spacial score (nSPS) is 13.1. The van der Waals surface area contributed by atoms with Crippen molar-refractivity contribution in [3.8, 4) is 5.75 Å². The van der Waals surface area contributed by atoms with Gasteiger partial charge in [-0.1, -0.05) is 54.6 Å². The van der Waals surface area contributed by atoms with E-state index >= 15 is 0 Å². The molecule has 0 aliphatic rings. The lowest BCUT2D eigenvalue weighted by molar-refractivity contribution is -0.0164. The van der Waals surface area contributed by atoms with Crippen molar-refractivity contribution in [1.29, 1.82) is 0 Å². The van der Waals surface area contributed by atoms with Gasteiger partial charge in [-0.2, -0.15) is 5.10 Å². The van der Waals surface area contributed by atoms with Gasteiger partial charge in [0.05, 0.1) is 17.4 Å². The lowest BCUT2D eigenvalue weighted by Gasteiger charge is -2.25. The maximum Gasteiger partial charge on any atom is 0.147 e. The molecule has 1 aromatic heterocycles. The molecule has 0 aliphatic heterocycles. The Kier molecular flexibility index (Phi) is 6.96. The first-order chi connectivity index (χ1) is 15.9. The molecule has 1 unspecified atom stereocenters. The van der Waals surface area contributed by atoms with E-state index in [0.717, 1.165) is 16.6 Å². The summed E-state index contributed by atoms with van der Waals surface area (Å²) in [5.41, 5.74) is 4.47. The van der Waals surface area contributed by atoms with E-state index in [4.69, 9.17) is 4.74 Å². The standard InChI is InChI=1S/C27H32N4O2/c1-20-9-7-10-21(2)26(20)28-15-16-29-27(3,32)19-33-25-14-8-13-24-23(25)18-31(30-24)17-22-11-5-4-6-12-22/h4-14,18,28-29,32H,15-17,19H2,1-3H3. The number of rotatable bonds is 10. The van der Waals surface area contributed by atoms with Crippen LogP contribution in [0.3, 0.4) is 0 Å². The van der Waals surface area contributed by atoms with Crippen molar-refractivity contribution < 1.29 is 9.84 Å². The molecular weight excluding hydrogens is 412 g/mol. The highest BCUT2D eigenvalue weighted by Crippen LogP contribution is 2.25. The van der Waals surface area contributed by atoms with E-state index in [-0.39, 0.29) is 6.61 Å². The zero-order valence-corrected chi connectivity index (χ0v) is 19.5. The van der Waals surface area contributed by atoms with E-state index in [1.54, 1.807) is 6.92 Å². The van der Waals surface area contributed by atoms with Gasteiger partial charge in [0.2, 0.25) is 0 Å². The van der Waals surface area contributed by atoms with E-state index in [0.29, 0.717) is 25.4 Å². The zero-order chi connectivity index (χ0) is 23.3. The quantitative estimate of drug-likeness (QED) is 0.248. The van der Waals surface area contributed by atoms with E-state index in [2.05, 4.69) is 59.9 Å². The van der Waals surface area contributed by atoms with Crippen LogP contribution in [0.15, 0.2) is 72.9 Å². The number of nitrogens with zero attached hydrogens (tertiary/aromatic N) is 2. The molecule has 6 nitrogen and oxygen atoms in total. The maximum atomic E-state index is 10.8. The predicted octanol–water partition coefficient (Wildman–Crippen LogP) is 4.49. The Labute approximate surface area is 195 Å². The Bertz CT molecular complexity index is 1180. The van der Waals surface area contributed by atoms with Crippen molar-refractivity contribution in [2.45, 2.75) is 33.0 Å². The lowest BCUT2D eigenvalue weighted by atomic mass is 10.1. The summed E-state index contributed by atoms with van der Waals surface area (Å²) in [6, 6.07) is 22.3. The van der Waals surface area contributed by atoms with Crippen LogP contribution in [-0.2, 0) is 6.54 Å². The average molecular weight is 445 g/mol. The molecule has 0 saturated carbocycles.